The van der Waals surface area contributed by atoms with Crippen LogP contribution in [0.1, 0.15) is 92.8 Å². The molecule has 0 unspecified atom stereocenters. The number of rotatable bonds is 16. The molecule has 72 heavy (non-hydrogen) atoms. The summed E-state index contributed by atoms with van der Waals surface area (Å²) >= 11 is 0. The Morgan fingerprint density at radius 1 is 0.889 bits per heavy atom. The Labute approximate surface area is 418 Å². The van der Waals surface area contributed by atoms with Crippen molar-refractivity contribution >= 4 is 53.5 Å². The number of pyridine rings is 1. The molecule has 0 saturated carbocycles. The van der Waals surface area contributed by atoms with Gasteiger partial charge in [0.05, 0.1) is 6.04 Å². The highest BCUT2D eigenvalue weighted by Crippen LogP contribution is 2.41. The van der Waals surface area contributed by atoms with Crippen LogP contribution in [0.3, 0.4) is 0 Å². The van der Waals surface area contributed by atoms with E-state index in [0.29, 0.717) is 89.4 Å². The van der Waals surface area contributed by atoms with Crippen molar-refractivity contribution in [3.63, 3.8) is 0 Å². The van der Waals surface area contributed by atoms with Crippen LogP contribution >= 0.6 is 0 Å². The molecule has 4 aliphatic rings. The third-order valence-electron chi connectivity index (χ3n) is 14.9. The molecule has 370 valence electrons. The van der Waals surface area contributed by atoms with Crippen LogP contribution in [-0.4, -0.2) is 119 Å². The SMILES string of the molecule is CCc1ccc(-c2ccc3n2[B-](F)(F)[N+]2=C(C)C(CCC(=O)CCCN4CCN(C/C=C/C(=O)N5CCC[C@H]5c5nc(-c6ccc(C(=O)Nc7ccccn7)cc6)c6c(N)nccn56)CC4)=C(C)C2=C3)cc1. The lowest BCUT2D eigenvalue weighted by Crippen LogP contribution is -2.50. The number of fused-ring (bicyclic) bond motifs is 3. The zero-order valence-electron chi connectivity index (χ0n) is 41.1. The van der Waals surface area contributed by atoms with Gasteiger partial charge in [0.25, 0.3) is 5.91 Å². The van der Waals surface area contributed by atoms with Crippen LogP contribution in [0.4, 0.5) is 20.3 Å². The van der Waals surface area contributed by atoms with Crippen molar-refractivity contribution in [2.75, 3.05) is 56.9 Å². The zero-order chi connectivity index (χ0) is 50.1. The van der Waals surface area contributed by atoms with E-state index in [1.165, 1.54) is 8.96 Å². The number of carbonyl (C=O) groups is 3. The van der Waals surface area contributed by atoms with Crippen molar-refractivity contribution in [1.82, 2.24) is 38.5 Å². The summed E-state index contributed by atoms with van der Waals surface area (Å²) in [6, 6.07) is 23.6. The van der Waals surface area contributed by atoms with Gasteiger partial charge in [-0.15, -0.1) is 0 Å². The average molecular weight is 972 g/mol. The fraction of sp³-hybridized carbons (Fsp3) is 0.327. The Kier molecular flexibility index (Phi) is 13.7. The molecule has 2 amide bonds. The fourth-order valence-electron chi connectivity index (χ4n) is 10.9. The lowest BCUT2D eigenvalue weighted by atomic mass is 9.89. The summed E-state index contributed by atoms with van der Waals surface area (Å²) in [4.78, 5) is 60.1. The number of carbonyl (C=O) groups excluding carboxylic acids is 3. The number of nitrogens with two attached hydrogens (primary N) is 1. The van der Waals surface area contributed by atoms with Gasteiger partial charge >= 0.3 is 6.97 Å². The van der Waals surface area contributed by atoms with Crippen molar-refractivity contribution in [2.45, 2.75) is 71.8 Å². The van der Waals surface area contributed by atoms with E-state index in [9.17, 15) is 14.4 Å². The highest BCUT2D eigenvalue weighted by atomic mass is 19.2. The number of nitrogens with zero attached hydrogens (tertiary/aromatic N) is 9. The van der Waals surface area contributed by atoms with Crippen LogP contribution in [0, 0.1) is 0 Å². The van der Waals surface area contributed by atoms with Crippen molar-refractivity contribution in [3.05, 3.63) is 149 Å². The average Bonchev–Trinajstić information content (AvgIpc) is 4.19. The van der Waals surface area contributed by atoms with Crippen molar-refractivity contribution in [2.24, 2.45) is 0 Å². The highest BCUT2D eigenvalue weighted by Gasteiger charge is 2.54. The number of nitrogens with one attached hydrogen (secondary N) is 1. The molecule has 0 bridgehead atoms. The number of Topliss-reactive ketones (excluding diaryl/α,β-unsaturated/α-hetero) is 1. The molecule has 2 fully saturated rings. The summed E-state index contributed by atoms with van der Waals surface area (Å²) in [7, 11) is 0. The van der Waals surface area contributed by atoms with Crippen LogP contribution < -0.4 is 11.1 Å². The molecule has 4 aliphatic heterocycles. The summed E-state index contributed by atoms with van der Waals surface area (Å²) in [5.74, 6) is 1.29. The van der Waals surface area contributed by atoms with E-state index >= 15 is 8.63 Å². The van der Waals surface area contributed by atoms with E-state index < -0.39 is 6.97 Å². The van der Waals surface area contributed by atoms with E-state index in [1.807, 2.05) is 71.0 Å². The molecule has 3 N–H and O–H groups in total. The number of aryl methyl sites for hydroxylation is 1. The molecule has 17 heteroatoms. The predicted molar refractivity (Wildman–Crippen MR) is 278 cm³/mol. The van der Waals surface area contributed by atoms with Crippen LogP contribution in [0.15, 0.2) is 126 Å². The van der Waals surface area contributed by atoms with Gasteiger partial charge in [-0.25, -0.2) is 15.0 Å². The Balaban J connectivity index is 0.687. The van der Waals surface area contributed by atoms with Crippen molar-refractivity contribution < 1.29 is 27.5 Å². The van der Waals surface area contributed by atoms with Gasteiger partial charge in [-0.05, 0) is 93.1 Å². The number of allylic oxidation sites excluding steroid dienone is 2. The Hall–Kier alpha value is -7.37. The molecule has 4 aromatic heterocycles. The van der Waals surface area contributed by atoms with Crippen LogP contribution in [0.2, 0.25) is 0 Å². The monoisotopic (exact) mass is 971 g/mol. The Morgan fingerprint density at radius 3 is 2.40 bits per heavy atom. The van der Waals surface area contributed by atoms with Gasteiger partial charge in [0, 0.05) is 123 Å². The number of likely N-dealkylation sites (tertiary alicyclic amines) is 1. The first-order valence-electron chi connectivity index (χ1n) is 25.2. The van der Waals surface area contributed by atoms with Gasteiger partial charge in [-0.3, -0.25) is 23.7 Å². The van der Waals surface area contributed by atoms with Gasteiger partial charge < -0.3 is 38.4 Å². The van der Waals surface area contributed by atoms with E-state index in [2.05, 4.69) is 32.0 Å². The lowest BCUT2D eigenvalue weighted by Gasteiger charge is -2.34. The molecule has 0 aliphatic carbocycles. The third kappa shape index (κ3) is 9.46. The number of ketones is 1. The van der Waals surface area contributed by atoms with Crippen molar-refractivity contribution in [1.29, 1.82) is 0 Å². The number of benzene rings is 2. The largest absolute Gasteiger partial charge is 0.737 e. The smallest absolute Gasteiger partial charge is 0.390 e. The maximum Gasteiger partial charge on any atom is 0.737 e. The quantitative estimate of drug-likeness (QED) is 0.0718. The Morgan fingerprint density at radius 2 is 1.65 bits per heavy atom. The minimum Gasteiger partial charge on any atom is -0.390 e. The first-order valence-corrected chi connectivity index (χ1v) is 25.2. The molecule has 14 nitrogen and oxygen atoms in total. The van der Waals surface area contributed by atoms with Gasteiger partial charge in [0.15, 0.2) is 5.70 Å². The Bertz CT molecular complexity index is 3170. The van der Waals surface area contributed by atoms with Crippen LogP contribution in [-0.2, 0) is 16.0 Å². The maximum atomic E-state index is 16.6. The number of nitrogen functional groups attached to an aromatic ring is 1. The summed E-state index contributed by atoms with van der Waals surface area (Å²) in [6.07, 6.45) is 15.0. The van der Waals surface area contributed by atoms with E-state index in [0.717, 1.165) is 86.2 Å². The third-order valence-corrected chi connectivity index (χ3v) is 14.9. The van der Waals surface area contributed by atoms with Gasteiger partial charge in [-0.1, -0.05) is 55.5 Å². The molecule has 10 rings (SSSR count). The molecule has 1 atom stereocenters. The molecule has 0 radical (unpaired) electrons. The molecular formula is C55H60BF2N11O3. The number of hydrogen-bond donors (Lipinski definition) is 2. The summed E-state index contributed by atoms with van der Waals surface area (Å²) in [5.41, 5.74) is 14.5. The molecular weight excluding hydrogens is 911 g/mol. The molecule has 2 aromatic carbocycles. The fourth-order valence-corrected chi connectivity index (χ4v) is 10.9. The zero-order valence-corrected chi connectivity index (χ0v) is 41.1. The van der Waals surface area contributed by atoms with E-state index in [1.54, 1.807) is 67.9 Å². The van der Waals surface area contributed by atoms with E-state index in [4.69, 9.17) is 10.7 Å². The minimum atomic E-state index is -4.15. The van der Waals surface area contributed by atoms with Crippen LogP contribution in [0.5, 0.6) is 0 Å². The highest BCUT2D eigenvalue weighted by molar-refractivity contribution is 6.58. The molecule has 0 spiro atoms. The normalized spacial score (nSPS) is 18.0. The van der Waals surface area contributed by atoms with Gasteiger partial charge in [0.2, 0.25) is 5.91 Å². The summed E-state index contributed by atoms with van der Waals surface area (Å²) < 4.78 is 37.4. The predicted octanol–water partition coefficient (Wildman–Crippen LogP) is 8.70. The maximum absolute atomic E-state index is 16.6. The standard InChI is InChI=1S/C55H60BF2N11O3/c1-4-39-14-16-40(17-15-39)46-25-22-43-36-48-37(2)45(38(3)68(48)56(57,58)69(43)46)24-23-44(70)10-7-28-64-32-34-65(35-33-64)29-9-13-50(71)66-30-8-11-47(66)54-63-51(52-53(59)61-27-31-67(52)54)41-18-20-42(21-19-41)55(72)62-49-12-5-6-26-60-49/h5-6,9,12-22,25-27,31,36,47H,4,7-8,10-11,23-24,28-30,32-35H2,1-3H3,(H2,59,61)(H,60,62,72)/b13-9+/t47-/m0/s1. The molecule has 2 saturated heterocycles. The molecule has 8 heterocycles. The number of amides is 2. The second kappa shape index (κ2) is 20.4. The van der Waals surface area contributed by atoms with Gasteiger partial charge in [-0.2, -0.15) is 0 Å². The molecule has 6 aromatic rings. The number of piperazine rings is 1. The second-order valence-corrected chi connectivity index (χ2v) is 19.2. The minimum absolute atomic E-state index is 0.0678. The first-order chi connectivity index (χ1) is 34.9. The summed E-state index contributed by atoms with van der Waals surface area (Å²) in [5, 5.41) is 2.81. The second-order valence-electron chi connectivity index (χ2n) is 19.2. The summed E-state index contributed by atoms with van der Waals surface area (Å²) in [6.45, 7) is 7.10. The number of halogens is 2. The topological polar surface area (TPSA) is 150 Å². The lowest BCUT2D eigenvalue weighted by molar-refractivity contribution is -0.362. The van der Waals surface area contributed by atoms with Gasteiger partial charge in [0.1, 0.15) is 40.2 Å². The van der Waals surface area contributed by atoms with E-state index in [-0.39, 0.29) is 23.6 Å². The van der Waals surface area contributed by atoms with Crippen molar-refractivity contribution in [3.8, 4) is 22.5 Å². The first kappa shape index (κ1) is 48.3. The number of aromatic nitrogens is 5. The van der Waals surface area contributed by atoms with Crippen LogP contribution in [0.25, 0.3) is 34.1 Å². The number of hydrogen-bond acceptors (Lipinski definition) is 9. The number of anilines is 2. The number of imidazole rings is 1.